The van der Waals surface area contributed by atoms with Gasteiger partial charge in [-0.15, -0.1) is 0 Å². The first-order valence-corrected chi connectivity index (χ1v) is 7.13. The minimum absolute atomic E-state index is 0.438. The predicted molar refractivity (Wildman–Crippen MR) is 80.1 cm³/mol. The normalized spacial score (nSPS) is 22.6. The van der Waals surface area contributed by atoms with Gasteiger partial charge in [0.25, 0.3) is 0 Å². The summed E-state index contributed by atoms with van der Waals surface area (Å²) >= 11 is 0. The van der Waals surface area contributed by atoms with E-state index in [1.807, 2.05) is 12.3 Å². The highest BCUT2D eigenvalue weighted by molar-refractivity contribution is 5.95. The molecule has 0 spiro atoms. The maximum absolute atomic E-state index is 8.76. The average molecular weight is 269 g/mol. The number of nitrogens with zero attached hydrogens (tertiary/aromatic N) is 2. The van der Waals surface area contributed by atoms with Crippen molar-refractivity contribution in [2.75, 3.05) is 11.1 Å². The van der Waals surface area contributed by atoms with Crippen molar-refractivity contribution >= 4 is 22.4 Å². The summed E-state index contributed by atoms with van der Waals surface area (Å²) in [6, 6.07) is 4.72. The molecule has 5 nitrogen and oxygen atoms in total. The van der Waals surface area contributed by atoms with E-state index in [1.54, 1.807) is 6.20 Å². The second kappa shape index (κ2) is 5.41. The van der Waals surface area contributed by atoms with E-state index in [0.717, 1.165) is 42.4 Å². The van der Waals surface area contributed by atoms with Gasteiger partial charge in [0.05, 0.1) is 23.6 Å². The maximum atomic E-state index is 8.76. The zero-order chi connectivity index (χ0) is 13.9. The molecule has 1 fully saturated rings. The summed E-state index contributed by atoms with van der Waals surface area (Å²) in [6.45, 7) is 0. The van der Waals surface area contributed by atoms with Crippen LogP contribution >= 0.6 is 0 Å². The number of nitrogens with one attached hydrogen (secondary N) is 2. The lowest BCUT2D eigenvalue weighted by Gasteiger charge is -2.29. The molecule has 0 atom stereocenters. The summed E-state index contributed by atoms with van der Waals surface area (Å²) in [7, 11) is 0. The van der Waals surface area contributed by atoms with E-state index in [0.29, 0.717) is 24.1 Å². The predicted octanol–water partition coefficient (Wildman–Crippen LogP) is 3.03. The van der Waals surface area contributed by atoms with Crippen LogP contribution in [0.4, 0.5) is 11.4 Å². The molecule has 0 aromatic carbocycles. The van der Waals surface area contributed by atoms with Crippen molar-refractivity contribution in [3.63, 3.8) is 0 Å². The fourth-order valence-corrected chi connectivity index (χ4v) is 3.03. The summed E-state index contributed by atoms with van der Waals surface area (Å²) in [5.74, 6) is 0.570. The molecule has 0 saturated heterocycles. The molecule has 0 radical (unpaired) electrons. The number of nitrogens with two attached hydrogens (primary N) is 1. The molecule has 1 aliphatic rings. The number of nitriles is 1. The van der Waals surface area contributed by atoms with Crippen molar-refractivity contribution < 1.29 is 0 Å². The average Bonchev–Trinajstić information content (AvgIpc) is 2.93. The quantitative estimate of drug-likeness (QED) is 0.798. The van der Waals surface area contributed by atoms with Crippen LogP contribution in [0.5, 0.6) is 0 Å². The molecule has 0 amide bonds. The molecule has 3 rings (SSSR count). The molecular weight excluding hydrogens is 250 g/mol. The molecule has 0 aliphatic heterocycles. The van der Waals surface area contributed by atoms with Crippen molar-refractivity contribution in [2.45, 2.75) is 38.1 Å². The number of nitrogen functional groups attached to an aromatic ring is 1. The highest BCUT2D eigenvalue weighted by Crippen LogP contribution is 2.32. The van der Waals surface area contributed by atoms with Gasteiger partial charge >= 0.3 is 0 Å². The largest absolute Gasteiger partial charge is 0.396 e. The van der Waals surface area contributed by atoms with Gasteiger partial charge in [-0.2, -0.15) is 5.26 Å². The van der Waals surface area contributed by atoms with E-state index < -0.39 is 0 Å². The summed E-state index contributed by atoms with van der Waals surface area (Å²) in [4.78, 5) is 7.38. The first-order valence-electron chi connectivity index (χ1n) is 7.13. The third-order valence-corrected chi connectivity index (χ3v) is 4.19. The van der Waals surface area contributed by atoms with Gasteiger partial charge < -0.3 is 16.0 Å². The Morgan fingerprint density at radius 1 is 1.40 bits per heavy atom. The van der Waals surface area contributed by atoms with Gasteiger partial charge in [0.15, 0.2) is 0 Å². The molecule has 5 heteroatoms. The lowest BCUT2D eigenvalue weighted by Crippen LogP contribution is -2.26. The van der Waals surface area contributed by atoms with Crippen molar-refractivity contribution in [1.29, 1.82) is 5.26 Å². The molecule has 0 unspecified atom stereocenters. The Balaban J connectivity index is 1.73. The van der Waals surface area contributed by atoms with E-state index in [4.69, 9.17) is 11.0 Å². The SMILES string of the molecule is N#CCC1CCC(Nc2c(N)cnc3[nH]ccc23)CC1. The molecule has 2 heterocycles. The number of hydrogen-bond donors (Lipinski definition) is 3. The van der Waals surface area contributed by atoms with Crippen LogP contribution < -0.4 is 11.1 Å². The van der Waals surface area contributed by atoms with Gasteiger partial charge in [-0.3, -0.25) is 0 Å². The van der Waals surface area contributed by atoms with E-state index in [-0.39, 0.29) is 0 Å². The summed E-state index contributed by atoms with van der Waals surface area (Å²) in [5.41, 5.74) is 8.59. The molecular formula is C15H19N5. The van der Waals surface area contributed by atoms with Crippen LogP contribution in [0.3, 0.4) is 0 Å². The van der Waals surface area contributed by atoms with Gasteiger partial charge in [0.2, 0.25) is 0 Å². The molecule has 4 N–H and O–H groups in total. The third-order valence-electron chi connectivity index (χ3n) is 4.19. The number of aromatic nitrogens is 2. The zero-order valence-corrected chi connectivity index (χ0v) is 11.4. The highest BCUT2D eigenvalue weighted by atomic mass is 15.0. The van der Waals surface area contributed by atoms with Gasteiger partial charge in [-0.05, 0) is 37.7 Å². The lowest BCUT2D eigenvalue weighted by atomic mass is 9.84. The Morgan fingerprint density at radius 2 is 2.20 bits per heavy atom. The molecule has 0 bridgehead atoms. The van der Waals surface area contributed by atoms with E-state index in [2.05, 4.69) is 21.4 Å². The van der Waals surface area contributed by atoms with Crippen LogP contribution in [0.2, 0.25) is 0 Å². The topological polar surface area (TPSA) is 90.5 Å². The Kier molecular flexibility index (Phi) is 3.46. The van der Waals surface area contributed by atoms with Gasteiger partial charge in [-0.25, -0.2) is 4.98 Å². The Bertz CT molecular complexity index is 631. The minimum atomic E-state index is 0.438. The minimum Gasteiger partial charge on any atom is -0.396 e. The zero-order valence-electron chi connectivity index (χ0n) is 11.4. The Hall–Kier alpha value is -2.22. The summed E-state index contributed by atoms with van der Waals surface area (Å²) in [5, 5.41) is 13.4. The third kappa shape index (κ3) is 2.42. The number of hydrogen-bond acceptors (Lipinski definition) is 4. The van der Waals surface area contributed by atoms with Crippen LogP contribution in [-0.4, -0.2) is 16.0 Å². The lowest BCUT2D eigenvalue weighted by molar-refractivity contribution is 0.343. The molecule has 1 saturated carbocycles. The van der Waals surface area contributed by atoms with Crippen LogP contribution in [-0.2, 0) is 0 Å². The number of anilines is 2. The Labute approximate surface area is 118 Å². The second-order valence-electron chi connectivity index (χ2n) is 5.55. The van der Waals surface area contributed by atoms with Crippen molar-refractivity contribution in [2.24, 2.45) is 5.92 Å². The van der Waals surface area contributed by atoms with Crippen molar-refractivity contribution in [3.8, 4) is 6.07 Å². The van der Waals surface area contributed by atoms with Crippen molar-refractivity contribution in [1.82, 2.24) is 9.97 Å². The van der Waals surface area contributed by atoms with Crippen LogP contribution in [0.25, 0.3) is 11.0 Å². The van der Waals surface area contributed by atoms with Gasteiger partial charge in [-0.1, -0.05) is 0 Å². The van der Waals surface area contributed by atoms with E-state index in [1.165, 1.54) is 0 Å². The number of rotatable bonds is 3. The standard InChI is InChI=1S/C15H19N5/c16-7-5-10-1-3-11(4-2-10)20-14-12-6-8-18-15(12)19-9-13(14)17/h6,8-11H,1-5,17H2,(H2,18,19,20). The fourth-order valence-electron chi connectivity index (χ4n) is 3.03. The monoisotopic (exact) mass is 269 g/mol. The molecule has 104 valence electrons. The van der Waals surface area contributed by atoms with Gasteiger partial charge in [0.1, 0.15) is 5.65 Å². The molecule has 20 heavy (non-hydrogen) atoms. The first kappa shape index (κ1) is 12.8. The number of H-pyrrole nitrogens is 1. The van der Waals surface area contributed by atoms with Gasteiger partial charge in [0, 0.05) is 24.0 Å². The Morgan fingerprint density at radius 3 is 2.95 bits per heavy atom. The number of fused-ring (bicyclic) bond motifs is 1. The van der Waals surface area contributed by atoms with Crippen LogP contribution in [0.15, 0.2) is 18.5 Å². The highest BCUT2D eigenvalue weighted by Gasteiger charge is 2.22. The van der Waals surface area contributed by atoms with E-state index >= 15 is 0 Å². The summed E-state index contributed by atoms with van der Waals surface area (Å²) < 4.78 is 0. The van der Waals surface area contributed by atoms with Crippen LogP contribution in [0.1, 0.15) is 32.1 Å². The molecule has 2 aromatic heterocycles. The smallest absolute Gasteiger partial charge is 0.139 e. The first-order chi connectivity index (χ1) is 9.78. The molecule has 2 aromatic rings. The fraction of sp³-hybridized carbons (Fsp3) is 0.467. The van der Waals surface area contributed by atoms with E-state index in [9.17, 15) is 0 Å². The number of pyridine rings is 1. The second-order valence-corrected chi connectivity index (χ2v) is 5.55. The van der Waals surface area contributed by atoms with Crippen molar-refractivity contribution in [3.05, 3.63) is 18.5 Å². The molecule has 1 aliphatic carbocycles. The summed E-state index contributed by atoms with van der Waals surface area (Å²) in [6.07, 6.45) is 8.69. The van der Waals surface area contributed by atoms with Crippen LogP contribution in [0, 0.1) is 17.2 Å². The maximum Gasteiger partial charge on any atom is 0.139 e. The number of aromatic amines is 1.